The van der Waals surface area contributed by atoms with Crippen LogP contribution in [0, 0.1) is 19.3 Å². The number of aryl methyl sites for hydroxylation is 1. The van der Waals surface area contributed by atoms with Crippen LogP contribution in [0.25, 0.3) is 0 Å². The number of hydrazine groups is 1. The first-order valence-corrected chi connectivity index (χ1v) is 16.0. The number of rotatable bonds is 8. The maximum atomic E-state index is 14.0. The van der Waals surface area contributed by atoms with E-state index in [4.69, 9.17) is 26.0 Å². The monoisotopic (exact) mass is 622 g/mol. The Labute approximate surface area is 261 Å². The van der Waals surface area contributed by atoms with Crippen molar-refractivity contribution in [3.8, 4) is 5.88 Å². The average molecular weight is 623 g/mol. The van der Waals surface area contributed by atoms with E-state index in [9.17, 15) is 14.1 Å². The predicted octanol–water partition coefficient (Wildman–Crippen LogP) is 4.08. The molecule has 236 valence electrons. The predicted molar refractivity (Wildman–Crippen MR) is 169 cm³/mol. The first-order chi connectivity index (χ1) is 20.9. The highest BCUT2D eigenvalue weighted by molar-refractivity contribution is 7.82. The topological polar surface area (TPSA) is 157 Å². The van der Waals surface area contributed by atoms with Gasteiger partial charge in [-0.3, -0.25) is 9.78 Å². The Morgan fingerprint density at radius 3 is 2.64 bits per heavy atom. The number of carboxylic acid groups (broad SMARTS) is 1. The summed E-state index contributed by atoms with van der Waals surface area (Å²) < 4.78 is 28.0. The Kier molecular flexibility index (Phi) is 8.99. The Hall–Kier alpha value is -3.58. The zero-order chi connectivity index (χ0) is 31.8. The molecule has 1 aromatic carbocycles. The number of hydrogen-bond acceptors (Lipinski definition) is 9. The van der Waals surface area contributed by atoms with Crippen LogP contribution in [0.5, 0.6) is 5.88 Å². The number of carbonyl (C=O) groups is 1. The van der Waals surface area contributed by atoms with Crippen LogP contribution in [0.3, 0.4) is 0 Å². The lowest BCUT2D eigenvalue weighted by molar-refractivity contribution is -0.147. The summed E-state index contributed by atoms with van der Waals surface area (Å²) in [6, 6.07) is 9.29. The van der Waals surface area contributed by atoms with E-state index in [0.717, 1.165) is 27.9 Å². The number of nitrogen functional groups attached to an aromatic ring is 1. The molecule has 1 spiro atoms. The molecule has 0 amide bonds. The number of benzene rings is 1. The van der Waals surface area contributed by atoms with Gasteiger partial charge in [0, 0.05) is 49.9 Å². The van der Waals surface area contributed by atoms with Gasteiger partial charge in [-0.2, -0.15) is 0 Å². The van der Waals surface area contributed by atoms with Crippen molar-refractivity contribution in [2.45, 2.75) is 70.4 Å². The number of nitrogens with zero attached hydrogens (tertiary/aromatic N) is 4. The molecule has 1 saturated heterocycles. The molecular weight excluding hydrogens is 580 g/mol. The van der Waals surface area contributed by atoms with Crippen LogP contribution >= 0.6 is 0 Å². The Morgan fingerprint density at radius 1 is 1.23 bits per heavy atom. The lowest BCUT2D eigenvalue weighted by Crippen LogP contribution is -2.49. The van der Waals surface area contributed by atoms with E-state index in [0.29, 0.717) is 67.8 Å². The molecule has 2 atom stereocenters. The van der Waals surface area contributed by atoms with Gasteiger partial charge in [0.2, 0.25) is 5.88 Å². The maximum Gasteiger partial charge on any atom is 0.310 e. The summed E-state index contributed by atoms with van der Waals surface area (Å²) in [4.78, 5) is 22.4. The summed E-state index contributed by atoms with van der Waals surface area (Å²) in [5.74, 6) is 5.02. The van der Waals surface area contributed by atoms with Gasteiger partial charge in [0.1, 0.15) is 21.5 Å². The molecule has 2 aliphatic heterocycles. The van der Waals surface area contributed by atoms with Gasteiger partial charge in [-0.15, -0.1) is 0 Å². The van der Waals surface area contributed by atoms with Gasteiger partial charge in [-0.1, -0.05) is 12.1 Å². The first-order valence-electron chi connectivity index (χ1n) is 14.9. The van der Waals surface area contributed by atoms with E-state index in [2.05, 4.69) is 4.98 Å². The summed E-state index contributed by atoms with van der Waals surface area (Å²) >= 11 is 0. The van der Waals surface area contributed by atoms with Crippen molar-refractivity contribution >= 4 is 28.3 Å². The SMILES string of the molecule is CCN(N)c1ccc(C(c2cnc(C)c(CN3CC4(CCOCC4)Oc4ncccc4S3=O)c2)C(C)(C)C(=O)O)c(C)c1N. The summed E-state index contributed by atoms with van der Waals surface area (Å²) in [6.07, 6.45) is 4.69. The number of anilines is 2. The minimum atomic E-state index is -1.55. The normalized spacial score (nSPS) is 19.1. The van der Waals surface area contributed by atoms with E-state index in [1.54, 1.807) is 43.4 Å². The second-order valence-electron chi connectivity index (χ2n) is 12.2. The van der Waals surface area contributed by atoms with Gasteiger partial charge in [0.15, 0.2) is 0 Å². The zero-order valence-corrected chi connectivity index (χ0v) is 26.8. The van der Waals surface area contributed by atoms with Gasteiger partial charge < -0.3 is 25.3 Å². The number of aromatic nitrogens is 2. The molecule has 5 N–H and O–H groups in total. The number of fused-ring (bicyclic) bond motifs is 1. The fourth-order valence-electron chi connectivity index (χ4n) is 6.14. The molecule has 2 unspecified atom stereocenters. The Balaban J connectivity index is 1.58. The minimum Gasteiger partial charge on any atom is -0.481 e. The van der Waals surface area contributed by atoms with Gasteiger partial charge in [0.05, 0.1) is 36.5 Å². The molecule has 3 aromatic rings. The molecule has 0 aliphatic carbocycles. The third-order valence-corrected chi connectivity index (χ3v) is 10.4. The number of pyridine rings is 2. The smallest absolute Gasteiger partial charge is 0.310 e. The van der Waals surface area contributed by atoms with Crippen molar-refractivity contribution in [1.29, 1.82) is 0 Å². The second-order valence-corrected chi connectivity index (χ2v) is 13.7. The van der Waals surface area contributed by atoms with Crippen LogP contribution in [0.1, 0.15) is 67.5 Å². The minimum absolute atomic E-state index is 0.318. The van der Waals surface area contributed by atoms with Gasteiger partial charge in [0.25, 0.3) is 0 Å². The van der Waals surface area contributed by atoms with Crippen molar-refractivity contribution in [2.75, 3.05) is 37.0 Å². The average Bonchev–Trinajstić information content (AvgIpc) is 3.10. The third-order valence-electron chi connectivity index (χ3n) is 9.00. The van der Waals surface area contributed by atoms with Crippen molar-refractivity contribution in [3.05, 3.63) is 70.7 Å². The van der Waals surface area contributed by atoms with Crippen LogP contribution in [-0.4, -0.2) is 61.5 Å². The molecule has 0 radical (unpaired) electrons. The molecule has 11 nitrogen and oxygen atoms in total. The zero-order valence-electron chi connectivity index (χ0n) is 26.0. The van der Waals surface area contributed by atoms with E-state index in [1.807, 2.05) is 43.3 Å². The number of aliphatic carboxylic acids is 1. The molecule has 2 aromatic heterocycles. The molecular formula is C32H42N6O5S. The Morgan fingerprint density at radius 2 is 1.95 bits per heavy atom. The molecule has 5 rings (SSSR count). The molecule has 2 aliphatic rings. The van der Waals surface area contributed by atoms with Crippen LogP contribution in [0.4, 0.5) is 11.4 Å². The van der Waals surface area contributed by atoms with Gasteiger partial charge in [-0.25, -0.2) is 19.3 Å². The number of nitrogens with two attached hydrogens (primary N) is 2. The maximum absolute atomic E-state index is 14.0. The first kappa shape index (κ1) is 31.8. The van der Waals surface area contributed by atoms with Crippen LogP contribution in [0.15, 0.2) is 47.6 Å². The third kappa shape index (κ3) is 5.91. The van der Waals surface area contributed by atoms with Crippen LogP contribution in [-0.2, 0) is 27.1 Å². The molecule has 4 heterocycles. The number of ether oxygens (including phenoxy) is 2. The van der Waals surface area contributed by atoms with Gasteiger partial charge in [-0.05, 0) is 75.1 Å². The molecule has 1 fully saturated rings. The molecule has 44 heavy (non-hydrogen) atoms. The van der Waals surface area contributed by atoms with Crippen molar-refractivity contribution in [1.82, 2.24) is 14.3 Å². The second kappa shape index (κ2) is 12.4. The lowest BCUT2D eigenvalue weighted by Gasteiger charge is -2.38. The largest absolute Gasteiger partial charge is 0.481 e. The van der Waals surface area contributed by atoms with E-state index < -0.39 is 33.9 Å². The summed E-state index contributed by atoms with van der Waals surface area (Å²) in [5.41, 5.74) is 9.84. The van der Waals surface area contributed by atoms with E-state index >= 15 is 0 Å². The van der Waals surface area contributed by atoms with Crippen LogP contribution < -0.4 is 21.3 Å². The lowest BCUT2D eigenvalue weighted by atomic mass is 9.70. The van der Waals surface area contributed by atoms with Gasteiger partial charge >= 0.3 is 5.97 Å². The van der Waals surface area contributed by atoms with Crippen molar-refractivity contribution in [2.24, 2.45) is 11.3 Å². The highest BCUT2D eigenvalue weighted by Crippen LogP contribution is 2.45. The summed E-state index contributed by atoms with van der Waals surface area (Å²) in [7, 11) is -1.55. The number of carboxylic acids is 1. The van der Waals surface area contributed by atoms with Crippen LogP contribution in [0.2, 0.25) is 0 Å². The van der Waals surface area contributed by atoms with Crippen molar-refractivity contribution in [3.63, 3.8) is 0 Å². The molecule has 0 saturated carbocycles. The standard InChI is InChI=1S/C32H42N6O5S/c1-6-38(34)25-10-9-24(20(2)28(25)33)27(31(4,5)30(39)40)22-16-23(21(3)36-17-22)18-37-19-32(11-14-42-15-12-32)43-29-26(44(37)41)8-7-13-35-29/h7-10,13,16-17,27H,6,11-12,14-15,18-19,33-34H2,1-5H3,(H,39,40). The van der Waals surface area contributed by atoms with E-state index in [1.165, 1.54) is 0 Å². The number of hydrogen-bond donors (Lipinski definition) is 3. The highest BCUT2D eigenvalue weighted by Gasteiger charge is 2.43. The molecule has 0 bridgehead atoms. The molecule has 12 heteroatoms. The fourth-order valence-corrected chi connectivity index (χ4v) is 7.46. The highest BCUT2D eigenvalue weighted by atomic mass is 32.2. The summed E-state index contributed by atoms with van der Waals surface area (Å²) in [6.45, 7) is 11.6. The Bertz CT molecular complexity index is 1570. The fraction of sp³-hybridized carbons (Fsp3) is 0.469. The summed E-state index contributed by atoms with van der Waals surface area (Å²) in [5, 5.41) is 12.0. The van der Waals surface area contributed by atoms with Crippen molar-refractivity contribution < 1.29 is 23.6 Å². The van der Waals surface area contributed by atoms with E-state index in [-0.39, 0.29) is 0 Å². The quantitative estimate of drug-likeness (QED) is 0.190.